The molecule has 0 aromatic rings. The van der Waals surface area contributed by atoms with Crippen LogP contribution in [0.3, 0.4) is 0 Å². The van der Waals surface area contributed by atoms with Crippen LogP contribution < -0.4 is 5.32 Å². The monoisotopic (exact) mass is 270 g/mol. The molecule has 1 aliphatic rings. The molecule has 0 aliphatic heterocycles. The molecule has 19 heavy (non-hydrogen) atoms. The highest BCUT2D eigenvalue weighted by Gasteiger charge is 2.42. The summed E-state index contributed by atoms with van der Waals surface area (Å²) in [7, 11) is 1.51. The SMILES string of the molecule is CC(=O)N(C)CC(=O)NC1(C(=O)O)CCC(C)CC1. The maximum atomic E-state index is 11.8. The highest BCUT2D eigenvalue weighted by atomic mass is 16.4. The van der Waals surface area contributed by atoms with Crippen LogP contribution >= 0.6 is 0 Å². The molecule has 108 valence electrons. The average Bonchev–Trinajstić information content (AvgIpc) is 2.31. The lowest BCUT2D eigenvalue weighted by Gasteiger charge is -2.36. The van der Waals surface area contributed by atoms with Crippen LogP contribution in [0.1, 0.15) is 39.5 Å². The van der Waals surface area contributed by atoms with E-state index in [-0.39, 0.29) is 12.5 Å². The van der Waals surface area contributed by atoms with Gasteiger partial charge in [0, 0.05) is 14.0 Å². The number of nitrogens with zero attached hydrogens (tertiary/aromatic N) is 1. The van der Waals surface area contributed by atoms with Gasteiger partial charge in [0.2, 0.25) is 11.8 Å². The van der Waals surface area contributed by atoms with Crippen molar-refractivity contribution in [3.8, 4) is 0 Å². The Bertz CT molecular complexity index is 373. The second kappa shape index (κ2) is 6.04. The predicted octanol–water partition coefficient (Wildman–Crippen LogP) is 0.614. The lowest BCUT2D eigenvalue weighted by molar-refractivity contribution is -0.150. The van der Waals surface area contributed by atoms with E-state index in [0.717, 1.165) is 12.8 Å². The molecule has 2 amide bonds. The third kappa shape index (κ3) is 3.94. The minimum atomic E-state index is -1.17. The summed E-state index contributed by atoms with van der Waals surface area (Å²) in [6, 6.07) is 0. The van der Waals surface area contributed by atoms with Crippen molar-refractivity contribution in [1.29, 1.82) is 0 Å². The normalized spacial score (nSPS) is 26.6. The van der Waals surface area contributed by atoms with E-state index in [1.807, 2.05) is 0 Å². The number of nitrogens with one attached hydrogen (secondary N) is 1. The van der Waals surface area contributed by atoms with Crippen LogP contribution in [0.5, 0.6) is 0 Å². The lowest BCUT2D eigenvalue weighted by atomic mass is 9.77. The Labute approximate surface area is 113 Å². The molecular formula is C13H22N2O4. The molecule has 1 rings (SSSR count). The lowest BCUT2D eigenvalue weighted by Crippen LogP contribution is -2.58. The van der Waals surface area contributed by atoms with Crippen molar-refractivity contribution < 1.29 is 19.5 Å². The molecule has 0 unspecified atom stereocenters. The number of carbonyl (C=O) groups is 3. The molecule has 1 fully saturated rings. The van der Waals surface area contributed by atoms with Crippen LogP contribution in [0, 0.1) is 5.92 Å². The molecule has 0 radical (unpaired) electrons. The van der Waals surface area contributed by atoms with Crippen molar-refractivity contribution in [2.75, 3.05) is 13.6 Å². The molecular weight excluding hydrogens is 248 g/mol. The minimum absolute atomic E-state index is 0.111. The molecule has 0 aromatic heterocycles. The first-order valence-corrected chi connectivity index (χ1v) is 6.53. The van der Waals surface area contributed by atoms with Crippen molar-refractivity contribution in [1.82, 2.24) is 10.2 Å². The molecule has 1 aliphatic carbocycles. The van der Waals surface area contributed by atoms with Gasteiger partial charge in [0.25, 0.3) is 0 Å². The fourth-order valence-corrected chi connectivity index (χ4v) is 2.28. The van der Waals surface area contributed by atoms with Crippen molar-refractivity contribution in [3.05, 3.63) is 0 Å². The third-order valence-corrected chi connectivity index (χ3v) is 3.83. The van der Waals surface area contributed by atoms with Gasteiger partial charge in [-0.15, -0.1) is 0 Å². The summed E-state index contributed by atoms with van der Waals surface area (Å²) in [4.78, 5) is 35.6. The third-order valence-electron chi connectivity index (χ3n) is 3.83. The van der Waals surface area contributed by atoms with Gasteiger partial charge in [-0.25, -0.2) is 4.79 Å². The molecule has 0 heterocycles. The van der Waals surface area contributed by atoms with E-state index in [4.69, 9.17) is 0 Å². The van der Waals surface area contributed by atoms with Gasteiger partial charge in [-0.2, -0.15) is 0 Å². The summed E-state index contributed by atoms with van der Waals surface area (Å²) in [5.74, 6) is -1.14. The van der Waals surface area contributed by atoms with Crippen LogP contribution in [0.2, 0.25) is 0 Å². The quantitative estimate of drug-likeness (QED) is 0.783. The number of carboxylic acid groups (broad SMARTS) is 1. The minimum Gasteiger partial charge on any atom is -0.480 e. The zero-order valence-electron chi connectivity index (χ0n) is 11.7. The Morgan fingerprint density at radius 1 is 1.32 bits per heavy atom. The average molecular weight is 270 g/mol. The van der Waals surface area contributed by atoms with Gasteiger partial charge in [0.05, 0.1) is 6.54 Å². The van der Waals surface area contributed by atoms with E-state index < -0.39 is 17.4 Å². The number of rotatable bonds is 4. The number of amides is 2. The number of likely N-dealkylation sites (N-methyl/N-ethyl adjacent to an activating group) is 1. The standard InChI is InChI=1S/C13H22N2O4/c1-9-4-6-13(7-5-9,12(18)19)14-11(17)8-15(3)10(2)16/h9H,4-8H2,1-3H3,(H,14,17)(H,18,19). The number of hydrogen-bond donors (Lipinski definition) is 2. The summed E-state index contributed by atoms with van der Waals surface area (Å²) in [6.45, 7) is 3.33. The Kier molecular flexibility index (Phi) is 4.91. The molecule has 0 saturated heterocycles. The van der Waals surface area contributed by atoms with Crippen LogP contribution in [0.4, 0.5) is 0 Å². The van der Waals surface area contributed by atoms with Crippen LogP contribution in [-0.4, -0.2) is 46.9 Å². The maximum Gasteiger partial charge on any atom is 0.329 e. The van der Waals surface area contributed by atoms with Gasteiger partial charge in [-0.05, 0) is 31.6 Å². The van der Waals surface area contributed by atoms with Crippen LogP contribution in [0.25, 0.3) is 0 Å². The van der Waals surface area contributed by atoms with Crippen LogP contribution in [0.15, 0.2) is 0 Å². The zero-order chi connectivity index (χ0) is 14.6. The molecule has 0 spiro atoms. The van der Waals surface area contributed by atoms with Crippen molar-refractivity contribution in [2.24, 2.45) is 5.92 Å². The zero-order valence-corrected chi connectivity index (χ0v) is 11.7. The molecule has 0 bridgehead atoms. The van der Waals surface area contributed by atoms with Gasteiger partial charge in [0.15, 0.2) is 0 Å². The van der Waals surface area contributed by atoms with Crippen molar-refractivity contribution in [3.63, 3.8) is 0 Å². The highest BCUT2D eigenvalue weighted by Crippen LogP contribution is 2.32. The number of aliphatic carboxylic acids is 1. The van der Waals surface area contributed by atoms with Crippen LogP contribution in [-0.2, 0) is 14.4 Å². The van der Waals surface area contributed by atoms with E-state index in [2.05, 4.69) is 12.2 Å². The molecule has 6 heteroatoms. The van der Waals surface area contributed by atoms with E-state index in [1.54, 1.807) is 0 Å². The van der Waals surface area contributed by atoms with Gasteiger partial charge < -0.3 is 15.3 Å². The highest BCUT2D eigenvalue weighted by molar-refractivity contribution is 5.89. The second-order valence-electron chi connectivity index (χ2n) is 5.49. The molecule has 0 aromatic carbocycles. The first-order valence-electron chi connectivity index (χ1n) is 6.53. The Hall–Kier alpha value is -1.59. The summed E-state index contributed by atoms with van der Waals surface area (Å²) in [5.41, 5.74) is -1.17. The predicted molar refractivity (Wildman–Crippen MR) is 69.5 cm³/mol. The molecule has 1 saturated carbocycles. The smallest absolute Gasteiger partial charge is 0.329 e. The molecule has 6 nitrogen and oxygen atoms in total. The summed E-state index contributed by atoms with van der Waals surface area (Å²) in [6.07, 6.45) is 2.46. The Morgan fingerprint density at radius 3 is 2.26 bits per heavy atom. The maximum absolute atomic E-state index is 11.8. The molecule has 0 atom stereocenters. The Morgan fingerprint density at radius 2 is 1.84 bits per heavy atom. The fourth-order valence-electron chi connectivity index (χ4n) is 2.28. The fraction of sp³-hybridized carbons (Fsp3) is 0.769. The molecule has 2 N–H and O–H groups in total. The van der Waals surface area contributed by atoms with E-state index in [0.29, 0.717) is 18.8 Å². The van der Waals surface area contributed by atoms with E-state index in [9.17, 15) is 19.5 Å². The number of carboxylic acids is 1. The summed E-state index contributed by atoms with van der Waals surface area (Å²) in [5, 5.41) is 12.0. The van der Waals surface area contributed by atoms with E-state index in [1.165, 1.54) is 18.9 Å². The van der Waals surface area contributed by atoms with Gasteiger partial charge in [-0.1, -0.05) is 6.92 Å². The van der Waals surface area contributed by atoms with Gasteiger partial charge in [-0.3, -0.25) is 9.59 Å². The largest absolute Gasteiger partial charge is 0.480 e. The second-order valence-corrected chi connectivity index (χ2v) is 5.49. The topological polar surface area (TPSA) is 86.7 Å². The summed E-state index contributed by atoms with van der Waals surface area (Å²) >= 11 is 0. The van der Waals surface area contributed by atoms with Gasteiger partial charge >= 0.3 is 5.97 Å². The van der Waals surface area contributed by atoms with Gasteiger partial charge in [0.1, 0.15) is 5.54 Å². The number of carbonyl (C=O) groups excluding carboxylic acids is 2. The van der Waals surface area contributed by atoms with Crippen molar-refractivity contribution >= 4 is 17.8 Å². The van der Waals surface area contributed by atoms with Crippen molar-refractivity contribution in [2.45, 2.75) is 45.1 Å². The summed E-state index contributed by atoms with van der Waals surface area (Å²) < 4.78 is 0. The first-order chi connectivity index (χ1) is 8.77. The van der Waals surface area contributed by atoms with E-state index >= 15 is 0 Å². The first kappa shape index (κ1) is 15.5. The number of hydrogen-bond acceptors (Lipinski definition) is 3. The Balaban J connectivity index is 2.67.